The minimum atomic E-state index is -0.317. The van der Waals surface area contributed by atoms with Gasteiger partial charge in [0.25, 0.3) is 5.91 Å². The Hall–Kier alpha value is -4.07. The van der Waals surface area contributed by atoms with Gasteiger partial charge in [-0.05, 0) is 74.2 Å². The molecule has 2 aromatic heterocycles. The summed E-state index contributed by atoms with van der Waals surface area (Å²) >= 11 is 0. The van der Waals surface area contributed by atoms with Crippen LogP contribution < -0.4 is 5.32 Å². The maximum Gasteiger partial charge on any atom is 0.276 e. The van der Waals surface area contributed by atoms with Crippen molar-refractivity contribution in [3.63, 3.8) is 0 Å². The van der Waals surface area contributed by atoms with Gasteiger partial charge in [-0.15, -0.1) is 0 Å². The normalized spacial score (nSPS) is 12.9. The van der Waals surface area contributed by atoms with Gasteiger partial charge in [0, 0.05) is 41.9 Å². The monoisotopic (exact) mass is 443 g/mol. The molecule has 4 aromatic rings. The fourth-order valence-corrected chi connectivity index (χ4v) is 4.19. The molecule has 1 aliphatic rings. The van der Waals surface area contributed by atoms with E-state index in [1.807, 2.05) is 0 Å². The zero-order valence-electron chi connectivity index (χ0n) is 18.1. The first-order chi connectivity index (χ1) is 16.0. The molecule has 166 valence electrons. The van der Waals surface area contributed by atoms with Crippen LogP contribution in [0, 0.1) is 5.82 Å². The molecule has 0 fully saturated rings. The van der Waals surface area contributed by atoms with Crippen molar-refractivity contribution in [3.05, 3.63) is 95.1 Å². The van der Waals surface area contributed by atoms with E-state index in [1.165, 1.54) is 12.1 Å². The molecular weight excluding hydrogens is 421 g/mol. The predicted molar refractivity (Wildman–Crippen MR) is 121 cm³/mol. The molecule has 2 aromatic carbocycles. The average molecular weight is 443 g/mol. The fourth-order valence-electron chi connectivity index (χ4n) is 4.19. The molecular formula is C25H22FN5O2. The van der Waals surface area contributed by atoms with Crippen molar-refractivity contribution in [2.45, 2.75) is 25.7 Å². The van der Waals surface area contributed by atoms with E-state index in [0.29, 0.717) is 22.8 Å². The highest BCUT2D eigenvalue weighted by molar-refractivity contribution is 6.07. The van der Waals surface area contributed by atoms with Crippen LogP contribution in [0.3, 0.4) is 0 Å². The van der Waals surface area contributed by atoms with E-state index >= 15 is 0 Å². The zero-order valence-corrected chi connectivity index (χ0v) is 18.1. The van der Waals surface area contributed by atoms with Crippen LogP contribution in [0.1, 0.15) is 50.8 Å². The summed E-state index contributed by atoms with van der Waals surface area (Å²) in [6.45, 7) is 0. The standard InChI is InChI=1S/C25H22FN5O2/c1-30-15-14-27-24(30)23(32)16-6-10-18(11-7-16)28-25(33)22-20-4-2-3-5-21(20)31(29-22)19-12-8-17(26)9-13-19/h6-15H,2-5H2,1H3,(H,28,33). The highest BCUT2D eigenvalue weighted by Gasteiger charge is 2.26. The van der Waals surface area contributed by atoms with Gasteiger partial charge in [-0.25, -0.2) is 14.1 Å². The van der Waals surface area contributed by atoms with Crippen LogP contribution in [0.25, 0.3) is 5.69 Å². The van der Waals surface area contributed by atoms with Gasteiger partial charge < -0.3 is 9.88 Å². The number of aromatic nitrogens is 4. The van der Waals surface area contributed by atoms with Crippen molar-refractivity contribution >= 4 is 17.4 Å². The summed E-state index contributed by atoms with van der Waals surface area (Å²) in [6.07, 6.45) is 6.90. The van der Waals surface area contributed by atoms with Gasteiger partial charge in [-0.3, -0.25) is 9.59 Å². The van der Waals surface area contributed by atoms with E-state index in [4.69, 9.17) is 0 Å². The Kier molecular flexibility index (Phi) is 5.34. The lowest BCUT2D eigenvalue weighted by Gasteiger charge is -2.14. The van der Waals surface area contributed by atoms with Gasteiger partial charge >= 0.3 is 0 Å². The van der Waals surface area contributed by atoms with Crippen molar-refractivity contribution in [3.8, 4) is 5.69 Å². The van der Waals surface area contributed by atoms with Gasteiger partial charge in [0.2, 0.25) is 5.78 Å². The molecule has 1 amide bonds. The van der Waals surface area contributed by atoms with Gasteiger partial charge in [0.1, 0.15) is 5.82 Å². The molecule has 0 saturated carbocycles. The minimum absolute atomic E-state index is 0.188. The highest BCUT2D eigenvalue weighted by atomic mass is 19.1. The second-order valence-electron chi connectivity index (χ2n) is 8.09. The Morgan fingerprint density at radius 3 is 2.42 bits per heavy atom. The molecule has 0 unspecified atom stereocenters. The maximum absolute atomic E-state index is 13.4. The fraction of sp³-hybridized carbons (Fsp3) is 0.200. The van der Waals surface area contributed by atoms with Gasteiger partial charge in [0.05, 0.1) is 5.69 Å². The Morgan fingerprint density at radius 1 is 1.00 bits per heavy atom. The Labute approximate surface area is 189 Å². The summed E-state index contributed by atoms with van der Waals surface area (Å²) in [5, 5.41) is 7.48. The van der Waals surface area contributed by atoms with Crippen molar-refractivity contribution in [2.24, 2.45) is 7.05 Å². The van der Waals surface area contributed by atoms with Crippen molar-refractivity contribution in [2.75, 3.05) is 5.32 Å². The van der Waals surface area contributed by atoms with Crippen LogP contribution in [-0.4, -0.2) is 31.0 Å². The number of hydrogen-bond donors (Lipinski definition) is 1. The molecule has 0 bridgehead atoms. The molecule has 5 rings (SSSR count). The molecule has 7 nitrogen and oxygen atoms in total. The zero-order chi connectivity index (χ0) is 22.9. The number of ketones is 1. The average Bonchev–Trinajstić information content (AvgIpc) is 3.43. The van der Waals surface area contributed by atoms with E-state index < -0.39 is 0 Å². The number of carbonyl (C=O) groups excluding carboxylic acids is 2. The smallest absolute Gasteiger partial charge is 0.276 e. The number of halogens is 1. The molecule has 0 radical (unpaired) electrons. The SMILES string of the molecule is Cn1ccnc1C(=O)c1ccc(NC(=O)c2nn(-c3ccc(F)cc3)c3c2CCCC3)cc1. The lowest BCUT2D eigenvalue weighted by Crippen LogP contribution is -2.16. The van der Waals surface area contributed by atoms with Crippen LogP contribution in [-0.2, 0) is 19.9 Å². The Bertz CT molecular complexity index is 1340. The number of nitrogens with zero attached hydrogens (tertiary/aromatic N) is 4. The lowest BCUT2D eigenvalue weighted by molar-refractivity contribution is 0.101. The summed E-state index contributed by atoms with van der Waals surface area (Å²) in [6, 6.07) is 12.8. The topological polar surface area (TPSA) is 81.8 Å². The molecule has 0 atom stereocenters. The van der Waals surface area contributed by atoms with Crippen LogP contribution in [0.4, 0.5) is 10.1 Å². The third-order valence-corrected chi connectivity index (χ3v) is 5.90. The first-order valence-electron chi connectivity index (χ1n) is 10.8. The minimum Gasteiger partial charge on any atom is -0.331 e. The third kappa shape index (κ3) is 3.95. The molecule has 0 spiro atoms. The van der Waals surface area contributed by atoms with E-state index in [1.54, 1.807) is 65.1 Å². The van der Waals surface area contributed by atoms with Crippen molar-refractivity contribution in [1.82, 2.24) is 19.3 Å². The van der Waals surface area contributed by atoms with E-state index in [0.717, 1.165) is 42.6 Å². The molecule has 0 aliphatic heterocycles. The third-order valence-electron chi connectivity index (χ3n) is 5.90. The number of carbonyl (C=O) groups is 2. The van der Waals surface area contributed by atoms with Crippen LogP contribution in [0.2, 0.25) is 0 Å². The number of fused-ring (bicyclic) bond motifs is 1. The van der Waals surface area contributed by atoms with E-state index in [2.05, 4.69) is 15.4 Å². The number of benzene rings is 2. The molecule has 8 heteroatoms. The first-order valence-corrected chi connectivity index (χ1v) is 10.8. The van der Waals surface area contributed by atoms with Gasteiger partial charge in [-0.2, -0.15) is 5.10 Å². The number of hydrogen-bond acceptors (Lipinski definition) is 4. The van der Waals surface area contributed by atoms with Crippen molar-refractivity contribution in [1.29, 1.82) is 0 Å². The van der Waals surface area contributed by atoms with Crippen LogP contribution >= 0.6 is 0 Å². The largest absolute Gasteiger partial charge is 0.331 e. The summed E-state index contributed by atoms with van der Waals surface area (Å²) in [5.74, 6) is -0.461. The van der Waals surface area contributed by atoms with Crippen LogP contribution in [0.15, 0.2) is 60.9 Å². The van der Waals surface area contributed by atoms with E-state index in [9.17, 15) is 14.0 Å². The van der Waals surface area contributed by atoms with Gasteiger partial charge in [0.15, 0.2) is 11.5 Å². The number of anilines is 1. The summed E-state index contributed by atoms with van der Waals surface area (Å²) in [4.78, 5) is 29.8. The predicted octanol–water partition coefficient (Wildman–Crippen LogP) is 4.11. The summed E-state index contributed by atoms with van der Waals surface area (Å²) in [5.41, 5.74) is 4.09. The van der Waals surface area contributed by atoms with Crippen LogP contribution in [0.5, 0.6) is 0 Å². The molecule has 33 heavy (non-hydrogen) atoms. The lowest BCUT2D eigenvalue weighted by atomic mass is 9.95. The molecule has 0 saturated heterocycles. The Balaban J connectivity index is 1.39. The maximum atomic E-state index is 13.4. The first kappa shape index (κ1) is 20.8. The second-order valence-corrected chi connectivity index (χ2v) is 8.09. The molecule has 1 aliphatic carbocycles. The highest BCUT2D eigenvalue weighted by Crippen LogP contribution is 2.28. The number of imidazole rings is 1. The number of nitrogens with one attached hydrogen (secondary N) is 1. The van der Waals surface area contributed by atoms with E-state index in [-0.39, 0.29) is 17.5 Å². The van der Waals surface area contributed by atoms with Gasteiger partial charge in [-0.1, -0.05) is 0 Å². The quantitative estimate of drug-likeness (QED) is 0.471. The summed E-state index contributed by atoms with van der Waals surface area (Å²) in [7, 11) is 1.76. The van der Waals surface area contributed by atoms with Crippen molar-refractivity contribution < 1.29 is 14.0 Å². The Morgan fingerprint density at radius 2 is 1.73 bits per heavy atom. The number of amides is 1. The second kappa shape index (κ2) is 8.46. The summed E-state index contributed by atoms with van der Waals surface area (Å²) < 4.78 is 16.8. The number of aryl methyl sites for hydroxylation is 1. The molecule has 1 N–H and O–H groups in total. The molecule has 2 heterocycles. The number of rotatable bonds is 5.